The average Bonchev–Trinajstić information content (AvgIpc) is 2.33. The van der Waals surface area contributed by atoms with Gasteiger partial charge in [0.05, 0.1) is 0 Å². The molecule has 18 heavy (non-hydrogen) atoms. The van der Waals surface area contributed by atoms with E-state index >= 15 is 0 Å². The van der Waals surface area contributed by atoms with Crippen LogP contribution in [0.2, 0.25) is 0 Å². The highest BCUT2D eigenvalue weighted by Gasteiger charge is 2.00. The standard InChI is InChI=1S/C15H22.C3H8/c1-7-9-10-11-15(12(3)4)14(6)13(5)8-2;1-3-2/h7-11H,3H2,1-2,4-6H3;3H2,1-2H3/b9-7-,11-10-,13-8-,15-14-;. The van der Waals surface area contributed by atoms with Crippen molar-refractivity contribution >= 4 is 0 Å². The van der Waals surface area contributed by atoms with Crippen LogP contribution in [0.3, 0.4) is 0 Å². The van der Waals surface area contributed by atoms with Crippen LogP contribution in [0.15, 0.2) is 59.3 Å². The fourth-order valence-corrected chi connectivity index (χ4v) is 1.28. The highest BCUT2D eigenvalue weighted by molar-refractivity contribution is 5.47. The molecule has 0 fully saturated rings. The van der Waals surface area contributed by atoms with Crippen molar-refractivity contribution in [2.24, 2.45) is 0 Å². The molecule has 0 bridgehead atoms. The fourth-order valence-electron chi connectivity index (χ4n) is 1.28. The van der Waals surface area contributed by atoms with Gasteiger partial charge in [-0.05, 0) is 45.8 Å². The summed E-state index contributed by atoms with van der Waals surface area (Å²) in [6.45, 7) is 18.6. The summed E-state index contributed by atoms with van der Waals surface area (Å²) in [6.07, 6.45) is 11.6. The molecule has 0 heterocycles. The van der Waals surface area contributed by atoms with Crippen molar-refractivity contribution in [3.8, 4) is 0 Å². The van der Waals surface area contributed by atoms with Gasteiger partial charge in [-0.15, -0.1) is 0 Å². The molecule has 0 saturated carbocycles. The van der Waals surface area contributed by atoms with E-state index in [-0.39, 0.29) is 0 Å². The summed E-state index contributed by atoms with van der Waals surface area (Å²) in [7, 11) is 0. The summed E-state index contributed by atoms with van der Waals surface area (Å²) in [5, 5.41) is 0. The predicted molar refractivity (Wildman–Crippen MR) is 86.9 cm³/mol. The summed E-state index contributed by atoms with van der Waals surface area (Å²) in [6, 6.07) is 0. The molecule has 0 aromatic carbocycles. The molecule has 0 rings (SSSR count). The van der Waals surface area contributed by atoms with E-state index in [2.05, 4.69) is 59.4 Å². The zero-order chi connectivity index (χ0) is 14.6. The smallest absolute Gasteiger partial charge is 0.0201 e. The molecule has 0 N–H and O–H groups in total. The molecule has 0 heteroatoms. The van der Waals surface area contributed by atoms with Gasteiger partial charge in [0.15, 0.2) is 0 Å². The van der Waals surface area contributed by atoms with Crippen molar-refractivity contribution < 1.29 is 0 Å². The summed E-state index contributed by atoms with van der Waals surface area (Å²) in [5.74, 6) is 0. The van der Waals surface area contributed by atoms with E-state index in [0.717, 1.165) is 5.57 Å². The molecule has 0 aromatic heterocycles. The van der Waals surface area contributed by atoms with E-state index in [1.165, 1.54) is 23.1 Å². The van der Waals surface area contributed by atoms with Crippen LogP contribution in [0.5, 0.6) is 0 Å². The van der Waals surface area contributed by atoms with E-state index in [4.69, 9.17) is 0 Å². The van der Waals surface area contributed by atoms with Crippen molar-refractivity contribution in [1.82, 2.24) is 0 Å². The van der Waals surface area contributed by atoms with Gasteiger partial charge in [0, 0.05) is 0 Å². The van der Waals surface area contributed by atoms with Gasteiger partial charge < -0.3 is 0 Å². The minimum atomic E-state index is 1.11. The van der Waals surface area contributed by atoms with Crippen molar-refractivity contribution in [1.29, 1.82) is 0 Å². The van der Waals surface area contributed by atoms with Crippen LogP contribution in [0, 0.1) is 0 Å². The first-order valence-corrected chi connectivity index (χ1v) is 6.75. The lowest BCUT2D eigenvalue weighted by Crippen LogP contribution is -1.88. The highest BCUT2D eigenvalue weighted by Crippen LogP contribution is 2.20. The molecule has 0 aliphatic heterocycles. The van der Waals surface area contributed by atoms with Gasteiger partial charge in [-0.2, -0.15) is 0 Å². The third-order valence-corrected chi connectivity index (χ3v) is 2.45. The molecule has 0 saturated heterocycles. The van der Waals surface area contributed by atoms with Crippen LogP contribution in [-0.4, -0.2) is 0 Å². The maximum Gasteiger partial charge on any atom is -0.0201 e. The lowest BCUT2D eigenvalue weighted by Gasteiger charge is -2.08. The number of rotatable bonds is 4. The molecule has 0 nitrogen and oxygen atoms in total. The second kappa shape index (κ2) is 12.2. The van der Waals surface area contributed by atoms with Crippen LogP contribution in [-0.2, 0) is 0 Å². The Bertz CT molecular complexity index is 346. The maximum absolute atomic E-state index is 4.01. The van der Waals surface area contributed by atoms with Crippen molar-refractivity contribution in [3.05, 3.63) is 59.3 Å². The lowest BCUT2D eigenvalue weighted by molar-refractivity contribution is 1.09. The first kappa shape index (κ1) is 19.0. The van der Waals surface area contributed by atoms with E-state index < -0.39 is 0 Å². The summed E-state index contributed by atoms with van der Waals surface area (Å²) >= 11 is 0. The summed E-state index contributed by atoms with van der Waals surface area (Å²) in [5.41, 5.74) is 4.93. The zero-order valence-corrected chi connectivity index (χ0v) is 13.3. The molecule has 0 spiro atoms. The molecule has 0 atom stereocenters. The topological polar surface area (TPSA) is 0 Å². The van der Waals surface area contributed by atoms with Gasteiger partial charge in [-0.25, -0.2) is 0 Å². The first-order chi connectivity index (χ1) is 8.45. The average molecular weight is 246 g/mol. The van der Waals surface area contributed by atoms with Crippen LogP contribution in [0.1, 0.15) is 54.9 Å². The van der Waals surface area contributed by atoms with E-state index in [9.17, 15) is 0 Å². The monoisotopic (exact) mass is 246 g/mol. The molecular weight excluding hydrogens is 216 g/mol. The minimum Gasteiger partial charge on any atom is -0.0955 e. The Labute approximate surface area is 115 Å². The molecule has 0 unspecified atom stereocenters. The summed E-state index contributed by atoms with van der Waals surface area (Å²) in [4.78, 5) is 0. The Morgan fingerprint density at radius 3 is 1.83 bits per heavy atom. The number of hydrogen-bond donors (Lipinski definition) is 0. The molecule has 0 radical (unpaired) electrons. The molecule has 0 aromatic rings. The van der Waals surface area contributed by atoms with Gasteiger partial charge in [-0.3, -0.25) is 0 Å². The van der Waals surface area contributed by atoms with Gasteiger partial charge >= 0.3 is 0 Å². The third-order valence-electron chi connectivity index (χ3n) is 2.45. The van der Waals surface area contributed by atoms with E-state index in [1.807, 2.05) is 26.0 Å². The largest absolute Gasteiger partial charge is 0.0955 e. The van der Waals surface area contributed by atoms with E-state index in [1.54, 1.807) is 0 Å². The van der Waals surface area contributed by atoms with Crippen molar-refractivity contribution in [2.45, 2.75) is 54.9 Å². The first-order valence-electron chi connectivity index (χ1n) is 6.75. The van der Waals surface area contributed by atoms with Crippen molar-refractivity contribution in [3.63, 3.8) is 0 Å². The number of allylic oxidation sites excluding steroid dienone is 9. The SMILES string of the molecule is C=C(C)C(/C=C\C=C/C)=C(C)\C(C)=C/C.CCC. The van der Waals surface area contributed by atoms with Crippen LogP contribution in [0.25, 0.3) is 0 Å². The van der Waals surface area contributed by atoms with Crippen LogP contribution >= 0.6 is 0 Å². The van der Waals surface area contributed by atoms with Gasteiger partial charge in [0.25, 0.3) is 0 Å². The van der Waals surface area contributed by atoms with E-state index in [0.29, 0.717) is 0 Å². The van der Waals surface area contributed by atoms with Crippen LogP contribution < -0.4 is 0 Å². The second-order valence-electron chi connectivity index (χ2n) is 4.38. The van der Waals surface area contributed by atoms with Gasteiger partial charge in [-0.1, -0.05) is 68.4 Å². The lowest BCUT2D eigenvalue weighted by atomic mass is 9.97. The Hall–Kier alpha value is -1.30. The fraction of sp³-hybridized carbons (Fsp3) is 0.444. The number of hydrogen-bond acceptors (Lipinski definition) is 0. The Kier molecular flexibility index (Phi) is 12.9. The van der Waals surface area contributed by atoms with Crippen LogP contribution in [0.4, 0.5) is 0 Å². The molecular formula is C18H30. The molecule has 0 aliphatic carbocycles. The Balaban J connectivity index is 0. The quantitative estimate of drug-likeness (QED) is 0.504. The predicted octanol–water partition coefficient (Wildman–Crippen LogP) is 6.39. The normalized spacial score (nSPS) is 13.4. The molecule has 0 aliphatic rings. The van der Waals surface area contributed by atoms with Gasteiger partial charge in [0.2, 0.25) is 0 Å². The second-order valence-corrected chi connectivity index (χ2v) is 4.38. The molecule has 0 amide bonds. The maximum atomic E-state index is 4.01. The summed E-state index contributed by atoms with van der Waals surface area (Å²) < 4.78 is 0. The zero-order valence-electron chi connectivity index (χ0n) is 13.3. The Morgan fingerprint density at radius 1 is 1.00 bits per heavy atom. The highest BCUT2D eigenvalue weighted by atomic mass is 14.1. The third kappa shape index (κ3) is 8.81. The molecule has 102 valence electrons. The van der Waals surface area contributed by atoms with Gasteiger partial charge in [0.1, 0.15) is 0 Å². The minimum absolute atomic E-state index is 1.11. The Morgan fingerprint density at radius 2 is 1.50 bits per heavy atom. The van der Waals surface area contributed by atoms with Crippen molar-refractivity contribution in [2.75, 3.05) is 0 Å².